The van der Waals surface area contributed by atoms with Gasteiger partial charge in [-0.1, -0.05) is 6.92 Å². The summed E-state index contributed by atoms with van der Waals surface area (Å²) in [5.74, 6) is 3.09. The summed E-state index contributed by atoms with van der Waals surface area (Å²) < 4.78 is 3.87. The molecule has 2 aliphatic heterocycles. The van der Waals surface area contributed by atoms with Gasteiger partial charge in [0.2, 0.25) is 5.95 Å². The van der Waals surface area contributed by atoms with Gasteiger partial charge in [-0.3, -0.25) is 14.1 Å². The first kappa shape index (κ1) is 16.3. The van der Waals surface area contributed by atoms with E-state index in [1.54, 1.807) is 31.1 Å². The van der Waals surface area contributed by atoms with Crippen molar-refractivity contribution in [2.75, 3.05) is 11.4 Å². The van der Waals surface area contributed by atoms with Gasteiger partial charge in [-0.05, 0) is 19.3 Å². The number of rotatable bonds is 3. The van der Waals surface area contributed by atoms with Gasteiger partial charge in [0.15, 0.2) is 17.5 Å². The third kappa shape index (κ3) is 2.13. The Morgan fingerprint density at radius 1 is 1.07 bits per heavy atom. The van der Waals surface area contributed by atoms with Crippen molar-refractivity contribution in [2.45, 2.75) is 31.7 Å². The second-order valence-corrected chi connectivity index (χ2v) is 7.26. The monoisotopic (exact) mass is 386 g/mol. The van der Waals surface area contributed by atoms with Gasteiger partial charge in [0.25, 0.3) is 0 Å². The van der Waals surface area contributed by atoms with Crippen LogP contribution in [0.4, 0.5) is 5.82 Å². The maximum atomic E-state index is 4.97. The summed E-state index contributed by atoms with van der Waals surface area (Å²) in [4.78, 5) is 24.9. The summed E-state index contributed by atoms with van der Waals surface area (Å²) in [6.07, 6.45) is 15.2. The predicted octanol–water partition coefficient (Wildman–Crippen LogP) is 1.92. The molecule has 6 heterocycles. The lowest BCUT2D eigenvalue weighted by Crippen LogP contribution is -2.46. The lowest BCUT2D eigenvalue weighted by Gasteiger charge is -2.42. The normalized spacial score (nSPS) is 19.7. The predicted molar refractivity (Wildman–Crippen MR) is 104 cm³/mol. The smallest absolute Gasteiger partial charge is 0.237 e. The van der Waals surface area contributed by atoms with Crippen molar-refractivity contribution in [2.24, 2.45) is 0 Å². The van der Waals surface area contributed by atoms with E-state index < -0.39 is 0 Å². The van der Waals surface area contributed by atoms with E-state index in [0.717, 1.165) is 43.1 Å². The molecule has 29 heavy (non-hydrogen) atoms. The van der Waals surface area contributed by atoms with E-state index in [1.807, 2.05) is 21.5 Å². The minimum absolute atomic E-state index is 0.169. The van der Waals surface area contributed by atoms with Crippen LogP contribution in [0, 0.1) is 0 Å². The van der Waals surface area contributed by atoms with Gasteiger partial charge in [-0.2, -0.15) is 4.98 Å². The molecule has 1 fully saturated rings. The minimum atomic E-state index is -0.169. The molecule has 6 rings (SSSR count). The van der Waals surface area contributed by atoms with Gasteiger partial charge in [0.1, 0.15) is 23.2 Å². The van der Waals surface area contributed by atoms with E-state index in [9.17, 15) is 0 Å². The summed E-state index contributed by atoms with van der Waals surface area (Å²) in [6, 6.07) is 0. The van der Waals surface area contributed by atoms with Gasteiger partial charge in [-0.25, -0.2) is 15.0 Å². The maximum Gasteiger partial charge on any atom is 0.237 e. The molecule has 0 aromatic carbocycles. The Morgan fingerprint density at radius 2 is 2.03 bits per heavy atom. The first-order valence-electron chi connectivity index (χ1n) is 9.67. The van der Waals surface area contributed by atoms with E-state index in [4.69, 9.17) is 4.98 Å². The number of anilines is 1. The van der Waals surface area contributed by atoms with Crippen molar-refractivity contribution < 1.29 is 0 Å². The van der Waals surface area contributed by atoms with Crippen LogP contribution in [0.3, 0.4) is 0 Å². The zero-order valence-electron chi connectivity index (χ0n) is 15.8. The summed E-state index contributed by atoms with van der Waals surface area (Å²) >= 11 is 0. The van der Waals surface area contributed by atoms with Crippen molar-refractivity contribution in [3.05, 3.63) is 49.3 Å². The molecular weight excluding hydrogens is 368 g/mol. The molecule has 10 heteroatoms. The fourth-order valence-corrected chi connectivity index (χ4v) is 4.59. The molecule has 0 N–H and O–H groups in total. The molecule has 2 aliphatic rings. The zero-order valence-corrected chi connectivity index (χ0v) is 15.8. The molecule has 0 saturated carbocycles. The number of imidazole rings is 1. The van der Waals surface area contributed by atoms with Crippen molar-refractivity contribution >= 4 is 5.82 Å². The Hall–Kier alpha value is -3.69. The molecule has 10 nitrogen and oxygen atoms in total. The third-order valence-corrected chi connectivity index (χ3v) is 5.94. The van der Waals surface area contributed by atoms with Crippen LogP contribution in [0.15, 0.2) is 43.5 Å². The largest absolute Gasteiger partial charge is 0.342 e. The molecule has 1 saturated heterocycles. The van der Waals surface area contributed by atoms with Crippen LogP contribution in [0.25, 0.3) is 23.2 Å². The van der Waals surface area contributed by atoms with E-state index in [1.165, 1.54) is 0 Å². The Bertz CT molecular complexity index is 1200. The van der Waals surface area contributed by atoms with Crippen LogP contribution < -0.4 is 4.90 Å². The summed E-state index contributed by atoms with van der Waals surface area (Å²) in [5.41, 5.74) is 1.41. The first-order chi connectivity index (χ1) is 14.3. The Kier molecular flexibility index (Phi) is 3.31. The lowest BCUT2D eigenvalue weighted by atomic mass is 9.90. The van der Waals surface area contributed by atoms with Crippen molar-refractivity contribution in [1.29, 1.82) is 0 Å². The van der Waals surface area contributed by atoms with Crippen molar-refractivity contribution in [1.82, 2.24) is 44.3 Å². The Balaban J connectivity index is 1.54. The quantitative estimate of drug-likeness (QED) is 0.526. The summed E-state index contributed by atoms with van der Waals surface area (Å²) in [7, 11) is 0. The Morgan fingerprint density at radius 3 is 2.90 bits per heavy atom. The second kappa shape index (κ2) is 5.90. The van der Waals surface area contributed by atoms with Crippen LogP contribution in [0.5, 0.6) is 0 Å². The highest BCUT2D eigenvalue weighted by atomic mass is 15.4. The first-order valence-corrected chi connectivity index (χ1v) is 9.67. The Labute approximate surface area is 166 Å². The van der Waals surface area contributed by atoms with Gasteiger partial charge < -0.3 is 4.90 Å². The van der Waals surface area contributed by atoms with Gasteiger partial charge in [-0.15, -0.1) is 10.2 Å². The fraction of sp³-hybridized carbons (Fsp3) is 0.316. The van der Waals surface area contributed by atoms with Crippen molar-refractivity contribution in [3.8, 4) is 23.2 Å². The topological polar surface area (TPSA) is 103 Å². The third-order valence-electron chi connectivity index (χ3n) is 5.94. The van der Waals surface area contributed by atoms with Crippen LogP contribution in [0.1, 0.15) is 32.0 Å². The minimum Gasteiger partial charge on any atom is -0.342 e. The number of hydrogen-bond acceptors (Lipinski definition) is 8. The molecule has 0 aliphatic carbocycles. The standard InChI is InChI=1S/C19H18N10/c1-2-19-4-3-8-29(19)16-14(28-12-24-26-17(19)28)11-23-18(25-16)27-9-7-22-15(27)13-10-20-5-6-21-13/h5-7,9-12H,2-4,8H2,1H3. The second-order valence-electron chi connectivity index (χ2n) is 7.26. The van der Waals surface area contributed by atoms with Gasteiger partial charge in [0, 0.05) is 31.3 Å². The number of hydrogen-bond donors (Lipinski definition) is 0. The molecule has 4 aromatic heterocycles. The van der Waals surface area contributed by atoms with Crippen molar-refractivity contribution in [3.63, 3.8) is 0 Å². The average Bonchev–Trinajstić information content (AvgIpc) is 3.53. The van der Waals surface area contributed by atoms with Crippen LogP contribution >= 0.6 is 0 Å². The van der Waals surface area contributed by atoms with Crippen LogP contribution in [-0.4, -0.2) is 50.8 Å². The molecular formula is C19H18N10. The zero-order chi connectivity index (χ0) is 19.4. The molecule has 144 valence electrons. The van der Waals surface area contributed by atoms with E-state index >= 15 is 0 Å². The summed E-state index contributed by atoms with van der Waals surface area (Å²) in [5, 5.41) is 8.64. The molecule has 0 radical (unpaired) electrons. The number of aromatic nitrogens is 9. The molecule has 1 atom stereocenters. The molecule has 4 aromatic rings. The van der Waals surface area contributed by atoms with Gasteiger partial charge >= 0.3 is 0 Å². The molecule has 0 amide bonds. The van der Waals surface area contributed by atoms with Crippen LogP contribution in [-0.2, 0) is 5.54 Å². The molecule has 1 unspecified atom stereocenters. The highest BCUT2D eigenvalue weighted by Gasteiger charge is 2.49. The average molecular weight is 386 g/mol. The maximum absolute atomic E-state index is 4.97. The van der Waals surface area contributed by atoms with E-state index in [0.29, 0.717) is 17.5 Å². The summed E-state index contributed by atoms with van der Waals surface area (Å²) in [6.45, 7) is 3.14. The SMILES string of the molecule is CCC12CCCN1c1nc(-n3ccnc3-c3cnccn3)ncc1-n1cnnc12. The highest BCUT2D eigenvalue weighted by molar-refractivity contribution is 5.65. The highest BCUT2D eigenvalue weighted by Crippen LogP contribution is 2.48. The van der Waals surface area contributed by atoms with E-state index in [-0.39, 0.29) is 5.54 Å². The molecule has 0 spiro atoms. The van der Waals surface area contributed by atoms with Gasteiger partial charge in [0.05, 0.1) is 12.4 Å². The van der Waals surface area contributed by atoms with E-state index in [2.05, 4.69) is 42.0 Å². The number of nitrogens with zero attached hydrogens (tertiary/aromatic N) is 10. The lowest BCUT2D eigenvalue weighted by molar-refractivity contribution is 0.382. The van der Waals surface area contributed by atoms with Crippen LogP contribution in [0.2, 0.25) is 0 Å². The molecule has 0 bridgehead atoms. The number of fused-ring (bicyclic) bond motifs is 6. The fourth-order valence-electron chi connectivity index (χ4n) is 4.59.